The van der Waals surface area contributed by atoms with E-state index in [4.69, 9.17) is 4.74 Å². The second-order valence-corrected chi connectivity index (χ2v) is 7.60. The van der Waals surface area contributed by atoms with Gasteiger partial charge in [-0.1, -0.05) is 30.3 Å². The molecule has 2 N–H and O–H groups in total. The molecule has 4 rings (SSSR count). The Kier molecular flexibility index (Phi) is 5.97. The minimum Gasteiger partial charge on any atom is -0.454 e. The van der Waals surface area contributed by atoms with Crippen molar-refractivity contribution in [2.45, 2.75) is 25.9 Å². The highest BCUT2D eigenvalue weighted by Gasteiger charge is 2.30. The van der Waals surface area contributed by atoms with E-state index in [0.717, 1.165) is 5.69 Å². The van der Waals surface area contributed by atoms with Gasteiger partial charge in [0.25, 0.3) is 5.56 Å². The molecule has 0 bridgehead atoms. The highest BCUT2D eigenvalue weighted by atomic mass is 16.5. The summed E-state index contributed by atoms with van der Waals surface area (Å²) in [4.78, 5) is 46.1. The van der Waals surface area contributed by atoms with Gasteiger partial charge in [0.2, 0.25) is 0 Å². The first kappa shape index (κ1) is 20.6. The summed E-state index contributed by atoms with van der Waals surface area (Å²) >= 11 is 0. The van der Waals surface area contributed by atoms with Gasteiger partial charge in [-0.2, -0.15) is 0 Å². The Morgan fingerprint density at radius 3 is 2.52 bits per heavy atom. The van der Waals surface area contributed by atoms with E-state index >= 15 is 0 Å². The molecule has 1 atom stereocenters. The molecule has 0 aliphatic carbocycles. The van der Waals surface area contributed by atoms with E-state index in [9.17, 15) is 14.4 Å². The van der Waals surface area contributed by atoms with E-state index in [1.807, 2.05) is 30.3 Å². The molecule has 1 aromatic heterocycles. The predicted octanol–water partition coefficient (Wildman–Crippen LogP) is 3.47. The average Bonchev–Trinajstić information content (AvgIpc) is 2.79. The first-order chi connectivity index (χ1) is 15.0. The highest BCUT2D eigenvalue weighted by Crippen LogP contribution is 2.23. The summed E-state index contributed by atoms with van der Waals surface area (Å²) in [5.41, 5.74) is 1.03. The Labute approximate surface area is 179 Å². The van der Waals surface area contributed by atoms with E-state index in [0.29, 0.717) is 42.7 Å². The minimum atomic E-state index is -0.677. The molecule has 0 unspecified atom stereocenters. The number of urea groups is 1. The average molecular weight is 420 g/mol. The number of nitrogens with zero attached hydrogens (tertiary/aromatic N) is 2. The Hall–Kier alpha value is -3.68. The minimum absolute atomic E-state index is 0.177. The zero-order valence-electron chi connectivity index (χ0n) is 17.2. The van der Waals surface area contributed by atoms with Gasteiger partial charge in [-0.25, -0.2) is 9.78 Å². The number of carbonyl (C=O) groups is 2. The second kappa shape index (κ2) is 8.99. The lowest BCUT2D eigenvalue weighted by molar-refractivity contribution is -0.155. The normalized spacial score (nSPS) is 15.5. The summed E-state index contributed by atoms with van der Waals surface area (Å²) in [5.74, 6) is -0.321. The smallest absolute Gasteiger partial charge is 0.321 e. The van der Waals surface area contributed by atoms with Crippen LogP contribution < -0.4 is 10.9 Å². The lowest BCUT2D eigenvalue weighted by atomic mass is 9.97. The predicted molar refractivity (Wildman–Crippen MR) is 117 cm³/mol. The Balaban J connectivity index is 1.33. The summed E-state index contributed by atoms with van der Waals surface area (Å²) in [6, 6.07) is 16.1. The molecule has 1 aliphatic heterocycles. The number of H-pyrrole nitrogens is 1. The molecule has 0 radical (unpaired) electrons. The van der Waals surface area contributed by atoms with Crippen molar-refractivity contribution < 1.29 is 14.3 Å². The number of ether oxygens (including phenoxy) is 1. The van der Waals surface area contributed by atoms with Gasteiger partial charge in [0.1, 0.15) is 0 Å². The van der Waals surface area contributed by atoms with Crippen LogP contribution in [0.3, 0.4) is 0 Å². The number of hydrogen-bond donors (Lipinski definition) is 2. The molecule has 2 heterocycles. The summed E-state index contributed by atoms with van der Waals surface area (Å²) in [6.45, 7) is 2.63. The number of aromatic nitrogens is 2. The maximum Gasteiger partial charge on any atom is 0.321 e. The maximum atomic E-state index is 12.6. The Morgan fingerprint density at radius 1 is 1.10 bits per heavy atom. The van der Waals surface area contributed by atoms with Gasteiger partial charge in [-0.15, -0.1) is 0 Å². The van der Waals surface area contributed by atoms with Crippen molar-refractivity contribution in [3.05, 3.63) is 70.8 Å². The Morgan fingerprint density at radius 2 is 1.77 bits per heavy atom. The molecule has 8 nitrogen and oxygen atoms in total. The maximum absolute atomic E-state index is 12.6. The van der Waals surface area contributed by atoms with E-state index in [1.54, 1.807) is 36.1 Å². The fourth-order valence-corrected chi connectivity index (χ4v) is 3.67. The van der Waals surface area contributed by atoms with Crippen LogP contribution in [0.4, 0.5) is 10.5 Å². The number of fused-ring (bicyclic) bond motifs is 1. The summed E-state index contributed by atoms with van der Waals surface area (Å²) in [7, 11) is 0. The fraction of sp³-hybridized carbons (Fsp3) is 0.304. The van der Waals surface area contributed by atoms with Crippen molar-refractivity contribution in [1.82, 2.24) is 14.9 Å². The standard InChI is InChI=1S/C23H24N4O4/c1-15(20-25-19-10-6-5-9-18(19)21(28)26-20)31-22(29)16-11-13-27(14-12-16)23(30)24-17-7-3-2-4-8-17/h2-10,15-16H,11-14H2,1H3,(H,24,30)(H,25,26,28)/t15-/m0/s1. The van der Waals surface area contributed by atoms with Crippen LogP contribution in [0.25, 0.3) is 10.9 Å². The van der Waals surface area contributed by atoms with Gasteiger partial charge in [0.15, 0.2) is 11.9 Å². The summed E-state index contributed by atoms with van der Waals surface area (Å²) < 4.78 is 5.58. The Bertz CT molecular complexity index is 1140. The molecular formula is C23H24N4O4. The first-order valence-corrected chi connectivity index (χ1v) is 10.3. The number of nitrogens with one attached hydrogen (secondary N) is 2. The number of esters is 1. The molecule has 2 aromatic carbocycles. The number of hydrogen-bond acceptors (Lipinski definition) is 5. The topological polar surface area (TPSA) is 104 Å². The van der Waals surface area contributed by atoms with Gasteiger partial charge in [0.05, 0.1) is 16.8 Å². The number of piperidine rings is 1. The molecule has 1 aliphatic rings. The largest absolute Gasteiger partial charge is 0.454 e. The van der Waals surface area contributed by atoms with Gasteiger partial charge < -0.3 is 19.9 Å². The van der Waals surface area contributed by atoms with Crippen LogP contribution in [0.15, 0.2) is 59.4 Å². The molecule has 1 fully saturated rings. The van der Waals surface area contributed by atoms with Crippen LogP contribution in [0.5, 0.6) is 0 Å². The van der Waals surface area contributed by atoms with Crippen molar-refractivity contribution in [1.29, 1.82) is 0 Å². The highest BCUT2D eigenvalue weighted by molar-refractivity contribution is 5.89. The van der Waals surface area contributed by atoms with Crippen LogP contribution in [0.2, 0.25) is 0 Å². The molecule has 1 saturated heterocycles. The molecule has 8 heteroatoms. The zero-order chi connectivity index (χ0) is 21.8. The zero-order valence-corrected chi connectivity index (χ0v) is 17.2. The van der Waals surface area contributed by atoms with Crippen LogP contribution >= 0.6 is 0 Å². The monoisotopic (exact) mass is 420 g/mol. The van der Waals surface area contributed by atoms with Crippen molar-refractivity contribution in [2.75, 3.05) is 18.4 Å². The molecule has 160 valence electrons. The number of likely N-dealkylation sites (tertiary alicyclic amines) is 1. The molecular weight excluding hydrogens is 396 g/mol. The van der Waals surface area contributed by atoms with Gasteiger partial charge >= 0.3 is 12.0 Å². The van der Waals surface area contributed by atoms with Gasteiger partial charge in [-0.05, 0) is 44.0 Å². The SMILES string of the molecule is C[C@H](OC(=O)C1CCN(C(=O)Nc2ccccc2)CC1)c1nc2ccccc2c(=O)[nH]1. The number of benzene rings is 2. The lowest BCUT2D eigenvalue weighted by Crippen LogP contribution is -2.42. The first-order valence-electron chi connectivity index (χ1n) is 10.3. The number of carbonyl (C=O) groups excluding carboxylic acids is 2. The third-order valence-electron chi connectivity index (χ3n) is 5.45. The van der Waals surface area contributed by atoms with Crippen molar-refractivity contribution in [2.24, 2.45) is 5.92 Å². The van der Waals surface area contributed by atoms with E-state index in [-0.39, 0.29) is 23.5 Å². The van der Waals surface area contributed by atoms with Gasteiger partial charge in [-0.3, -0.25) is 9.59 Å². The van der Waals surface area contributed by atoms with Crippen molar-refractivity contribution in [3.8, 4) is 0 Å². The van der Waals surface area contributed by atoms with Crippen molar-refractivity contribution >= 4 is 28.6 Å². The number of anilines is 1. The van der Waals surface area contributed by atoms with Crippen LogP contribution in [0.1, 0.15) is 31.7 Å². The molecule has 3 aromatic rings. The third-order valence-corrected chi connectivity index (χ3v) is 5.45. The van der Waals surface area contributed by atoms with Crippen molar-refractivity contribution in [3.63, 3.8) is 0 Å². The fourth-order valence-electron chi connectivity index (χ4n) is 3.67. The van der Waals surface area contributed by atoms with Crippen LogP contribution in [-0.2, 0) is 9.53 Å². The molecule has 31 heavy (non-hydrogen) atoms. The number of rotatable bonds is 4. The van der Waals surface area contributed by atoms with Gasteiger partial charge in [0, 0.05) is 18.8 Å². The number of para-hydroxylation sites is 2. The lowest BCUT2D eigenvalue weighted by Gasteiger charge is -2.31. The van der Waals surface area contributed by atoms with Crippen LogP contribution in [-0.4, -0.2) is 40.0 Å². The number of aromatic amines is 1. The molecule has 2 amide bonds. The molecule has 0 spiro atoms. The second-order valence-electron chi connectivity index (χ2n) is 7.60. The quantitative estimate of drug-likeness (QED) is 0.629. The molecule has 0 saturated carbocycles. The van der Waals surface area contributed by atoms with Crippen LogP contribution in [0, 0.1) is 5.92 Å². The van der Waals surface area contributed by atoms with E-state index in [2.05, 4.69) is 15.3 Å². The summed E-state index contributed by atoms with van der Waals surface area (Å²) in [5, 5.41) is 3.35. The van der Waals surface area contributed by atoms with E-state index in [1.165, 1.54) is 0 Å². The third kappa shape index (κ3) is 4.74. The van der Waals surface area contributed by atoms with E-state index < -0.39 is 6.10 Å². The number of amides is 2. The summed E-state index contributed by atoms with van der Waals surface area (Å²) in [6.07, 6.45) is 0.370.